The maximum Gasteiger partial charge on any atom is 0.253 e. The van der Waals surface area contributed by atoms with E-state index in [1.54, 1.807) is 43.9 Å². The van der Waals surface area contributed by atoms with Crippen molar-refractivity contribution in [1.29, 1.82) is 0 Å². The molecule has 7 heteroatoms. The van der Waals surface area contributed by atoms with Gasteiger partial charge in [0.25, 0.3) is 5.91 Å². The van der Waals surface area contributed by atoms with E-state index in [0.29, 0.717) is 30.5 Å². The lowest BCUT2D eigenvalue weighted by Gasteiger charge is -2.32. The average molecular weight is 313 g/mol. The van der Waals surface area contributed by atoms with E-state index in [1.807, 2.05) is 4.90 Å². The molecule has 0 unspecified atom stereocenters. The summed E-state index contributed by atoms with van der Waals surface area (Å²) in [7, 11) is 1.58. The quantitative estimate of drug-likeness (QED) is 0.923. The molecular weight excluding hydrogens is 294 g/mol. The summed E-state index contributed by atoms with van der Waals surface area (Å²) in [6, 6.07) is 5.46. The fourth-order valence-electron chi connectivity index (χ4n) is 2.61. The lowest BCUT2D eigenvalue weighted by Crippen LogP contribution is -2.42. The Morgan fingerprint density at radius 3 is 2.65 bits per heavy atom. The van der Waals surface area contributed by atoms with Crippen LogP contribution in [0.25, 0.3) is 0 Å². The number of anilines is 1. The van der Waals surface area contributed by atoms with Crippen LogP contribution in [-0.4, -0.2) is 52.0 Å². The molecule has 2 aromatic rings. The predicted molar refractivity (Wildman–Crippen MR) is 85.4 cm³/mol. The van der Waals surface area contributed by atoms with Crippen LogP contribution in [0.5, 0.6) is 5.88 Å². The van der Waals surface area contributed by atoms with Crippen LogP contribution < -0.4 is 10.1 Å². The summed E-state index contributed by atoms with van der Waals surface area (Å²) in [5, 5.41) is 3.30. The van der Waals surface area contributed by atoms with E-state index in [2.05, 4.69) is 20.3 Å². The van der Waals surface area contributed by atoms with Crippen molar-refractivity contribution in [1.82, 2.24) is 19.9 Å². The minimum absolute atomic E-state index is 0.0588. The molecule has 3 heterocycles. The molecule has 1 aliphatic heterocycles. The maximum absolute atomic E-state index is 12.4. The molecule has 1 saturated heterocycles. The number of nitrogens with zero attached hydrogens (tertiary/aromatic N) is 4. The Bertz CT molecular complexity index is 657. The van der Waals surface area contributed by atoms with Crippen molar-refractivity contribution >= 4 is 11.9 Å². The third-order valence-corrected chi connectivity index (χ3v) is 3.88. The minimum atomic E-state index is 0.0588. The summed E-state index contributed by atoms with van der Waals surface area (Å²) in [6.45, 7) is 1.42. The van der Waals surface area contributed by atoms with Gasteiger partial charge in [0.05, 0.1) is 7.11 Å². The highest BCUT2D eigenvalue weighted by atomic mass is 16.5. The summed E-state index contributed by atoms with van der Waals surface area (Å²) in [6.07, 6.45) is 6.66. The number of methoxy groups -OCH3 is 1. The Morgan fingerprint density at radius 2 is 1.96 bits per heavy atom. The van der Waals surface area contributed by atoms with Crippen molar-refractivity contribution in [2.75, 3.05) is 25.5 Å². The fraction of sp³-hybridized carbons (Fsp3) is 0.375. The van der Waals surface area contributed by atoms with Gasteiger partial charge in [0, 0.05) is 49.4 Å². The Labute approximate surface area is 134 Å². The van der Waals surface area contributed by atoms with Crippen molar-refractivity contribution in [3.8, 4) is 5.88 Å². The molecule has 1 fully saturated rings. The molecular formula is C16H19N5O2. The second kappa shape index (κ2) is 7.04. The Hall–Kier alpha value is -2.70. The largest absolute Gasteiger partial charge is 0.481 e. The number of hydrogen-bond acceptors (Lipinski definition) is 6. The summed E-state index contributed by atoms with van der Waals surface area (Å²) in [5.74, 6) is 1.15. The van der Waals surface area contributed by atoms with E-state index >= 15 is 0 Å². The van der Waals surface area contributed by atoms with Crippen LogP contribution in [0.4, 0.5) is 5.95 Å². The second-order valence-electron chi connectivity index (χ2n) is 5.37. The molecule has 3 rings (SSSR count). The van der Waals surface area contributed by atoms with Gasteiger partial charge in [-0.3, -0.25) is 9.78 Å². The van der Waals surface area contributed by atoms with Gasteiger partial charge >= 0.3 is 0 Å². The summed E-state index contributed by atoms with van der Waals surface area (Å²) >= 11 is 0. The molecule has 0 radical (unpaired) electrons. The number of likely N-dealkylation sites (tertiary alicyclic amines) is 1. The maximum atomic E-state index is 12.4. The Morgan fingerprint density at radius 1 is 1.22 bits per heavy atom. The molecule has 1 N–H and O–H groups in total. The molecule has 0 aromatic carbocycles. The molecule has 0 aliphatic carbocycles. The van der Waals surface area contributed by atoms with Crippen LogP contribution in [0.15, 0.2) is 36.8 Å². The highest BCUT2D eigenvalue weighted by Gasteiger charge is 2.24. The monoisotopic (exact) mass is 313 g/mol. The Balaban J connectivity index is 1.55. The number of hydrogen-bond donors (Lipinski definition) is 1. The number of pyridine rings is 1. The van der Waals surface area contributed by atoms with Gasteiger partial charge in [0.15, 0.2) is 0 Å². The van der Waals surface area contributed by atoms with E-state index in [0.717, 1.165) is 12.8 Å². The number of ether oxygens (including phenoxy) is 1. The van der Waals surface area contributed by atoms with Crippen molar-refractivity contribution in [3.63, 3.8) is 0 Å². The highest BCUT2D eigenvalue weighted by molar-refractivity contribution is 5.94. The molecule has 2 aromatic heterocycles. The number of aromatic nitrogens is 3. The number of rotatable bonds is 4. The zero-order chi connectivity index (χ0) is 16.1. The van der Waals surface area contributed by atoms with Gasteiger partial charge < -0.3 is 15.0 Å². The lowest BCUT2D eigenvalue weighted by atomic mass is 10.0. The molecule has 0 atom stereocenters. The third kappa shape index (κ3) is 3.74. The van der Waals surface area contributed by atoms with Crippen LogP contribution >= 0.6 is 0 Å². The van der Waals surface area contributed by atoms with Gasteiger partial charge in [0.1, 0.15) is 0 Å². The average Bonchev–Trinajstić information content (AvgIpc) is 2.63. The first-order valence-electron chi connectivity index (χ1n) is 7.59. The molecule has 7 nitrogen and oxygen atoms in total. The first kappa shape index (κ1) is 15.2. The van der Waals surface area contributed by atoms with Crippen molar-refractivity contribution in [2.45, 2.75) is 18.9 Å². The molecule has 0 saturated carbocycles. The normalized spacial score (nSPS) is 15.3. The predicted octanol–water partition coefficient (Wildman–Crippen LogP) is 1.60. The smallest absolute Gasteiger partial charge is 0.253 e. The van der Waals surface area contributed by atoms with Gasteiger partial charge in [-0.2, -0.15) is 4.98 Å². The van der Waals surface area contributed by atoms with E-state index in [-0.39, 0.29) is 11.9 Å². The highest BCUT2D eigenvalue weighted by Crippen LogP contribution is 2.17. The molecule has 1 amide bonds. The number of nitrogens with one attached hydrogen (secondary N) is 1. The molecule has 0 spiro atoms. The van der Waals surface area contributed by atoms with Gasteiger partial charge in [-0.1, -0.05) is 0 Å². The zero-order valence-corrected chi connectivity index (χ0v) is 13.0. The summed E-state index contributed by atoms with van der Waals surface area (Å²) in [5.41, 5.74) is 0.683. The summed E-state index contributed by atoms with van der Waals surface area (Å²) in [4.78, 5) is 26.6. The molecule has 23 heavy (non-hydrogen) atoms. The second-order valence-corrected chi connectivity index (χ2v) is 5.37. The van der Waals surface area contributed by atoms with Crippen LogP contribution in [0.1, 0.15) is 23.2 Å². The molecule has 0 bridgehead atoms. The van der Waals surface area contributed by atoms with E-state index in [9.17, 15) is 4.79 Å². The van der Waals surface area contributed by atoms with Gasteiger partial charge in [-0.05, 0) is 25.0 Å². The fourth-order valence-corrected chi connectivity index (χ4v) is 2.61. The Kier molecular flexibility index (Phi) is 4.65. The summed E-state index contributed by atoms with van der Waals surface area (Å²) < 4.78 is 5.09. The van der Waals surface area contributed by atoms with E-state index in [4.69, 9.17) is 4.74 Å². The SMILES string of the molecule is COc1ccnc(NC2CCN(C(=O)c3ccncc3)CC2)n1. The standard InChI is InChI=1S/C16H19N5O2/c1-23-14-4-9-18-16(20-14)19-13-5-10-21(11-6-13)15(22)12-2-7-17-8-3-12/h2-4,7-9,13H,5-6,10-11H2,1H3,(H,18,19,20). The van der Waals surface area contributed by atoms with Crippen LogP contribution in [-0.2, 0) is 0 Å². The third-order valence-electron chi connectivity index (χ3n) is 3.88. The lowest BCUT2D eigenvalue weighted by molar-refractivity contribution is 0.0718. The first-order valence-corrected chi connectivity index (χ1v) is 7.59. The topological polar surface area (TPSA) is 80.2 Å². The van der Waals surface area contributed by atoms with Crippen LogP contribution in [0.2, 0.25) is 0 Å². The molecule has 120 valence electrons. The number of piperidine rings is 1. The zero-order valence-electron chi connectivity index (χ0n) is 13.0. The number of carbonyl (C=O) groups is 1. The van der Waals surface area contributed by atoms with E-state index in [1.165, 1.54) is 0 Å². The van der Waals surface area contributed by atoms with Gasteiger partial charge in [0.2, 0.25) is 11.8 Å². The van der Waals surface area contributed by atoms with Crippen molar-refractivity contribution < 1.29 is 9.53 Å². The molecule has 1 aliphatic rings. The number of carbonyl (C=O) groups excluding carboxylic acids is 1. The minimum Gasteiger partial charge on any atom is -0.481 e. The number of amides is 1. The van der Waals surface area contributed by atoms with Crippen molar-refractivity contribution in [3.05, 3.63) is 42.4 Å². The van der Waals surface area contributed by atoms with E-state index < -0.39 is 0 Å². The van der Waals surface area contributed by atoms with Gasteiger partial charge in [-0.15, -0.1) is 0 Å². The first-order chi connectivity index (χ1) is 11.3. The van der Waals surface area contributed by atoms with Crippen LogP contribution in [0.3, 0.4) is 0 Å². The van der Waals surface area contributed by atoms with Crippen LogP contribution in [0, 0.1) is 0 Å². The van der Waals surface area contributed by atoms with Crippen molar-refractivity contribution in [2.24, 2.45) is 0 Å². The van der Waals surface area contributed by atoms with Gasteiger partial charge in [-0.25, -0.2) is 4.98 Å².